The van der Waals surface area contributed by atoms with Gasteiger partial charge in [-0.3, -0.25) is 9.69 Å². The number of piperidine rings is 1. The average molecular weight is 281 g/mol. The lowest BCUT2D eigenvalue weighted by atomic mass is 9.93. The van der Waals surface area contributed by atoms with Crippen LogP contribution in [0.5, 0.6) is 0 Å². The van der Waals surface area contributed by atoms with Crippen LogP contribution in [0.4, 0.5) is 0 Å². The maximum absolute atomic E-state index is 12.4. The van der Waals surface area contributed by atoms with Gasteiger partial charge >= 0.3 is 0 Å². The number of oxime groups is 1. The van der Waals surface area contributed by atoms with Gasteiger partial charge in [-0.15, -0.1) is 0 Å². The Kier molecular flexibility index (Phi) is 5.83. The fourth-order valence-corrected chi connectivity index (χ4v) is 3.24. The number of rotatable bonds is 3. The molecule has 2 rings (SSSR count). The summed E-state index contributed by atoms with van der Waals surface area (Å²) in [6.45, 7) is 6.15. The van der Waals surface area contributed by atoms with E-state index >= 15 is 0 Å². The van der Waals surface area contributed by atoms with Crippen molar-refractivity contribution in [1.82, 2.24) is 9.80 Å². The predicted octanol–water partition coefficient (Wildman–Crippen LogP) is 1.95. The van der Waals surface area contributed by atoms with E-state index in [1.54, 1.807) is 0 Å². The molecule has 20 heavy (non-hydrogen) atoms. The number of hydrogen-bond donors (Lipinski definition) is 1. The summed E-state index contributed by atoms with van der Waals surface area (Å²) < 4.78 is 0. The molecule has 2 aliphatic heterocycles. The van der Waals surface area contributed by atoms with Crippen LogP contribution in [-0.4, -0.2) is 59.3 Å². The molecule has 1 atom stereocenters. The summed E-state index contributed by atoms with van der Waals surface area (Å²) in [5.74, 6) is 0.567. The molecule has 1 N–H and O–H groups in total. The molecule has 2 saturated heterocycles. The minimum atomic E-state index is 0.270. The Balaban J connectivity index is 1.85. The highest BCUT2D eigenvalue weighted by molar-refractivity contribution is 5.87. The van der Waals surface area contributed by atoms with E-state index in [0.717, 1.165) is 57.6 Å². The van der Waals surface area contributed by atoms with Crippen LogP contribution in [0, 0.1) is 5.92 Å². The Morgan fingerprint density at radius 2 is 1.95 bits per heavy atom. The minimum Gasteiger partial charge on any atom is -0.411 e. The third-order valence-electron chi connectivity index (χ3n) is 4.57. The number of carbonyl (C=O) groups is 1. The predicted molar refractivity (Wildman–Crippen MR) is 79.1 cm³/mol. The van der Waals surface area contributed by atoms with E-state index in [2.05, 4.69) is 17.0 Å². The van der Waals surface area contributed by atoms with Gasteiger partial charge in [0.25, 0.3) is 0 Å². The quantitative estimate of drug-likeness (QED) is 0.635. The molecule has 0 aromatic carbocycles. The summed E-state index contributed by atoms with van der Waals surface area (Å²) >= 11 is 0. The molecule has 1 unspecified atom stereocenters. The van der Waals surface area contributed by atoms with Crippen molar-refractivity contribution in [2.24, 2.45) is 11.1 Å². The van der Waals surface area contributed by atoms with Crippen molar-refractivity contribution in [2.45, 2.75) is 45.4 Å². The lowest BCUT2D eigenvalue weighted by molar-refractivity contribution is -0.132. The lowest BCUT2D eigenvalue weighted by Gasteiger charge is -2.33. The molecule has 0 bridgehead atoms. The molecule has 5 heteroatoms. The molecule has 0 spiro atoms. The van der Waals surface area contributed by atoms with Crippen LogP contribution in [0.1, 0.15) is 45.4 Å². The summed E-state index contributed by atoms with van der Waals surface area (Å²) in [4.78, 5) is 16.6. The van der Waals surface area contributed by atoms with Gasteiger partial charge in [0.05, 0.1) is 12.3 Å². The molecule has 5 nitrogen and oxygen atoms in total. The molecular formula is C15H27N3O2. The summed E-state index contributed by atoms with van der Waals surface area (Å²) in [7, 11) is 0. The topological polar surface area (TPSA) is 56.1 Å². The van der Waals surface area contributed by atoms with Crippen molar-refractivity contribution in [3.8, 4) is 0 Å². The number of amides is 1. The van der Waals surface area contributed by atoms with Crippen LogP contribution in [0.3, 0.4) is 0 Å². The normalized spacial score (nSPS) is 27.6. The highest BCUT2D eigenvalue weighted by Gasteiger charge is 2.27. The zero-order valence-electron chi connectivity index (χ0n) is 12.6. The van der Waals surface area contributed by atoms with Crippen molar-refractivity contribution in [2.75, 3.05) is 32.7 Å². The molecule has 0 aromatic rings. The Morgan fingerprint density at radius 1 is 1.25 bits per heavy atom. The van der Waals surface area contributed by atoms with E-state index in [1.165, 1.54) is 12.8 Å². The first kappa shape index (κ1) is 15.3. The van der Waals surface area contributed by atoms with Crippen LogP contribution in [0.25, 0.3) is 0 Å². The Hall–Kier alpha value is -1.10. The highest BCUT2D eigenvalue weighted by Crippen LogP contribution is 2.18. The van der Waals surface area contributed by atoms with Crippen LogP contribution in [0.15, 0.2) is 5.16 Å². The van der Waals surface area contributed by atoms with E-state index in [0.29, 0.717) is 12.5 Å². The molecule has 1 amide bonds. The van der Waals surface area contributed by atoms with E-state index in [-0.39, 0.29) is 5.91 Å². The first-order chi connectivity index (χ1) is 9.74. The first-order valence-electron chi connectivity index (χ1n) is 7.95. The standard InChI is InChI=1S/C15H27N3O2/c1-2-13-11-17(10-7-14(13)16-20)12-15(19)18-8-5-3-4-6-9-18/h13,20H,2-12H2,1H3. The van der Waals surface area contributed by atoms with Crippen molar-refractivity contribution in [1.29, 1.82) is 0 Å². The van der Waals surface area contributed by atoms with Gasteiger partial charge in [0, 0.05) is 38.5 Å². The van der Waals surface area contributed by atoms with Crippen molar-refractivity contribution < 1.29 is 10.0 Å². The van der Waals surface area contributed by atoms with Gasteiger partial charge in [-0.2, -0.15) is 0 Å². The molecule has 2 heterocycles. The highest BCUT2D eigenvalue weighted by atomic mass is 16.4. The summed E-state index contributed by atoms with van der Waals surface area (Å²) in [6.07, 6.45) is 6.54. The Morgan fingerprint density at radius 3 is 2.55 bits per heavy atom. The third-order valence-corrected chi connectivity index (χ3v) is 4.57. The van der Waals surface area contributed by atoms with E-state index < -0.39 is 0 Å². The largest absolute Gasteiger partial charge is 0.411 e. The van der Waals surface area contributed by atoms with Crippen LogP contribution in [0.2, 0.25) is 0 Å². The molecule has 0 aliphatic carbocycles. The van der Waals surface area contributed by atoms with Crippen molar-refractivity contribution in [3.63, 3.8) is 0 Å². The monoisotopic (exact) mass is 281 g/mol. The molecular weight excluding hydrogens is 254 g/mol. The maximum atomic E-state index is 12.4. The maximum Gasteiger partial charge on any atom is 0.236 e. The molecule has 2 aliphatic rings. The molecule has 0 aromatic heterocycles. The first-order valence-corrected chi connectivity index (χ1v) is 7.95. The van der Waals surface area contributed by atoms with Gasteiger partial charge in [0.15, 0.2) is 0 Å². The van der Waals surface area contributed by atoms with Gasteiger partial charge in [-0.25, -0.2) is 0 Å². The van der Waals surface area contributed by atoms with Gasteiger partial charge in [-0.1, -0.05) is 24.9 Å². The Labute approximate surface area is 121 Å². The van der Waals surface area contributed by atoms with Crippen molar-refractivity contribution >= 4 is 11.6 Å². The van der Waals surface area contributed by atoms with Crippen LogP contribution < -0.4 is 0 Å². The smallest absolute Gasteiger partial charge is 0.236 e. The van der Waals surface area contributed by atoms with Gasteiger partial charge < -0.3 is 10.1 Å². The second kappa shape index (κ2) is 7.62. The molecule has 0 radical (unpaired) electrons. The SMILES string of the molecule is CCC1CN(CC(=O)N2CCCCCC2)CCC1=NO. The zero-order valence-corrected chi connectivity index (χ0v) is 12.6. The third kappa shape index (κ3) is 3.95. The Bertz CT molecular complexity index is 349. The molecule has 114 valence electrons. The average Bonchev–Trinajstić information content (AvgIpc) is 2.76. The van der Waals surface area contributed by atoms with Crippen LogP contribution >= 0.6 is 0 Å². The second-order valence-electron chi connectivity index (χ2n) is 5.98. The fraction of sp³-hybridized carbons (Fsp3) is 0.867. The molecule has 0 saturated carbocycles. The minimum absolute atomic E-state index is 0.270. The summed E-state index contributed by atoms with van der Waals surface area (Å²) in [5.41, 5.74) is 0.894. The van der Waals surface area contributed by atoms with E-state index in [9.17, 15) is 4.79 Å². The molecule has 2 fully saturated rings. The van der Waals surface area contributed by atoms with E-state index in [1.807, 2.05) is 4.90 Å². The zero-order chi connectivity index (χ0) is 14.4. The van der Waals surface area contributed by atoms with E-state index in [4.69, 9.17) is 5.21 Å². The van der Waals surface area contributed by atoms with Gasteiger partial charge in [0.2, 0.25) is 5.91 Å². The number of likely N-dealkylation sites (tertiary alicyclic amines) is 2. The number of nitrogens with zero attached hydrogens (tertiary/aromatic N) is 3. The number of carbonyl (C=O) groups excluding carboxylic acids is 1. The second-order valence-corrected chi connectivity index (χ2v) is 5.98. The lowest BCUT2D eigenvalue weighted by Crippen LogP contribution is -2.46. The van der Waals surface area contributed by atoms with Gasteiger partial charge in [-0.05, 0) is 19.3 Å². The van der Waals surface area contributed by atoms with Gasteiger partial charge in [0.1, 0.15) is 0 Å². The number of hydrogen-bond acceptors (Lipinski definition) is 4. The summed E-state index contributed by atoms with van der Waals surface area (Å²) in [6, 6.07) is 0. The summed E-state index contributed by atoms with van der Waals surface area (Å²) in [5, 5.41) is 12.4. The van der Waals surface area contributed by atoms with Crippen LogP contribution in [-0.2, 0) is 4.79 Å². The van der Waals surface area contributed by atoms with Crippen molar-refractivity contribution in [3.05, 3.63) is 0 Å². The fourth-order valence-electron chi connectivity index (χ4n) is 3.24.